The Bertz CT molecular complexity index is 354. The highest BCUT2D eigenvalue weighted by Crippen LogP contribution is 2.32. The summed E-state index contributed by atoms with van der Waals surface area (Å²) in [7, 11) is 0. The van der Waals surface area contributed by atoms with Gasteiger partial charge in [0.05, 0.1) is 0 Å². The maximum Gasteiger partial charge on any atom is 0.142 e. The molecule has 0 unspecified atom stereocenters. The number of rotatable bonds is 4. The summed E-state index contributed by atoms with van der Waals surface area (Å²) in [6.07, 6.45) is 8.06. The molecular formula is C13H23N3S. The fourth-order valence-electron chi connectivity index (χ4n) is 2.67. The van der Waals surface area contributed by atoms with Crippen LogP contribution in [0.4, 0.5) is 10.8 Å². The van der Waals surface area contributed by atoms with Crippen molar-refractivity contribution in [2.45, 2.75) is 58.4 Å². The fourth-order valence-corrected chi connectivity index (χ4v) is 3.46. The van der Waals surface area contributed by atoms with Gasteiger partial charge in [0.1, 0.15) is 10.8 Å². The zero-order valence-electron chi connectivity index (χ0n) is 10.8. The monoisotopic (exact) mass is 253 g/mol. The van der Waals surface area contributed by atoms with Crippen molar-refractivity contribution in [3.8, 4) is 0 Å². The highest BCUT2D eigenvalue weighted by molar-refractivity contribution is 7.10. The second-order valence-corrected chi connectivity index (χ2v) is 5.95. The van der Waals surface area contributed by atoms with Gasteiger partial charge in [0.15, 0.2) is 0 Å². The van der Waals surface area contributed by atoms with Crippen LogP contribution < -0.4 is 11.1 Å². The van der Waals surface area contributed by atoms with Gasteiger partial charge >= 0.3 is 0 Å². The quantitative estimate of drug-likeness (QED) is 0.858. The molecule has 1 fully saturated rings. The highest BCUT2D eigenvalue weighted by atomic mass is 32.1. The molecule has 1 aliphatic rings. The first-order valence-corrected chi connectivity index (χ1v) is 7.46. The van der Waals surface area contributed by atoms with Gasteiger partial charge in [-0.1, -0.05) is 19.8 Å². The summed E-state index contributed by atoms with van der Waals surface area (Å²) in [5.41, 5.74) is 6.88. The molecule has 0 saturated heterocycles. The molecule has 17 heavy (non-hydrogen) atoms. The van der Waals surface area contributed by atoms with Gasteiger partial charge in [-0.2, -0.15) is 4.37 Å². The molecule has 0 amide bonds. The molecule has 0 aromatic carbocycles. The van der Waals surface area contributed by atoms with Crippen LogP contribution in [0.5, 0.6) is 0 Å². The number of nitrogens with zero attached hydrogens (tertiary/aromatic N) is 1. The van der Waals surface area contributed by atoms with E-state index in [9.17, 15) is 0 Å². The number of aromatic nitrogens is 1. The van der Waals surface area contributed by atoms with E-state index in [2.05, 4.69) is 16.6 Å². The average molecular weight is 253 g/mol. The van der Waals surface area contributed by atoms with Crippen molar-refractivity contribution in [3.63, 3.8) is 0 Å². The van der Waals surface area contributed by atoms with E-state index < -0.39 is 0 Å². The molecule has 1 aromatic heterocycles. The molecule has 2 rings (SSSR count). The zero-order chi connectivity index (χ0) is 12.3. The van der Waals surface area contributed by atoms with Crippen molar-refractivity contribution < 1.29 is 0 Å². The Labute approximate surface area is 108 Å². The normalized spacial score (nSPS) is 24.8. The SMILES string of the molecule is CCCC1CCC(Nc2snc(N)c2C)CC1. The first-order valence-electron chi connectivity index (χ1n) is 6.69. The topological polar surface area (TPSA) is 50.9 Å². The minimum Gasteiger partial charge on any atom is -0.383 e. The van der Waals surface area contributed by atoms with Crippen molar-refractivity contribution in [3.05, 3.63) is 5.56 Å². The zero-order valence-corrected chi connectivity index (χ0v) is 11.6. The van der Waals surface area contributed by atoms with Gasteiger partial charge in [-0.05, 0) is 50.1 Å². The summed E-state index contributed by atoms with van der Waals surface area (Å²) >= 11 is 1.49. The van der Waals surface area contributed by atoms with Gasteiger partial charge < -0.3 is 11.1 Å². The van der Waals surface area contributed by atoms with E-state index >= 15 is 0 Å². The molecule has 1 heterocycles. The summed E-state index contributed by atoms with van der Waals surface area (Å²) in [5, 5.41) is 4.78. The lowest BCUT2D eigenvalue weighted by Gasteiger charge is -2.29. The Kier molecular flexibility index (Phi) is 4.26. The maximum absolute atomic E-state index is 5.77. The van der Waals surface area contributed by atoms with Crippen LogP contribution >= 0.6 is 11.5 Å². The van der Waals surface area contributed by atoms with Crippen LogP contribution in [0.15, 0.2) is 0 Å². The Hall–Kier alpha value is -0.770. The number of nitrogens with one attached hydrogen (secondary N) is 1. The molecule has 0 aliphatic heterocycles. The predicted octanol–water partition coefficient (Wildman–Crippen LogP) is 3.80. The molecule has 0 radical (unpaired) electrons. The largest absolute Gasteiger partial charge is 0.383 e. The van der Waals surface area contributed by atoms with Crippen LogP contribution in [0, 0.1) is 12.8 Å². The summed E-state index contributed by atoms with van der Waals surface area (Å²) < 4.78 is 4.18. The first kappa shape index (κ1) is 12.7. The summed E-state index contributed by atoms with van der Waals surface area (Å²) in [6.45, 7) is 4.33. The Balaban J connectivity index is 1.84. The van der Waals surface area contributed by atoms with Crippen LogP contribution in [0.25, 0.3) is 0 Å². The number of nitrogen functional groups attached to an aromatic ring is 1. The van der Waals surface area contributed by atoms with E-state index in [0.717, 1.165) is 11.5 Å². The van der Waals surface area contributed by atoms with E-state index in [4.69, 9.17) is 5.73 Å². The summed E-state index contributed by atoms with van der Waals surface area (Å²) in [5.74, 6) is 1.64. The van der Waals surface area contributed by atoms with E-state index in [1.54, 1.807) is 0 Å². The van der Waals surface area contributed by atoms with Gasteiger partial charge in [0, 0.05) is 11.6 Å². The molecular weight excluding hydrogens is 230 g/mol. The fraction of sp³-hybridized carbons (Fsp3) is 0.769. The van der Waals surface area contributed by atoms with Gasteiger partial charge in [0.25, 0.3) is 0 Å². The molecule has 0 spiro atoms. The summed E-state index contributed by atoms with van der Waals surface area (Å²) in [6, 6.07) is 0.627. The van der Waals surface area contributed by atoms with Crippen LogP contribution in [-0.2, 0) is 0 Å². The van der Waals surface area contributed by atoms with Gasteiger partial charge in [-0.15, -0.1) is 0 Å². The van der Waals surface area contributed by atoms with Gasteiger partial charge in [0.2, 0.25) is 0 Å². The minimum absolute atomic E-state index is 0.627. The third kappa shape index (κ3) is 3.12. The van der Waals surface area contributed by atoms with Crippen LogP contribution in [0.1, 0.15) is 51.0 Å². The van der Waals surface area contributed by atoms with Crippen molar-refractivity contribution in [1.82, 2.24) is 4.37 Å². The van der Waals surface area contributed by atoms with Crippen LogP contribution in [0.2, 0.25) is 0 Å². The van der Waals surface area contributed by atoms with Crippen LogP contribution in [0.3, 0.4) is 0 Å². The third-order valence-electron chi connectivity index (χ3n) is 3.84. The van der Waals surface area contributed by atoms with Crippen molar-refractivity contribution in [2.75, 3.05) is 11.1 Å². The molecule has 1 aliphatic carbocycles. The second-order valence-electron chi connectivity index (χ2n) is 5.17. The van der Waals surface area contributed by atoms with Crippen molar-refractivity contribution >= 4 is 22.4 Å². The molecule has 3 nitrogen and oxygen atoms in total. The van der Waals surface area contributed by atoms with Crippen molar-refractivity contribution in [2.24, 2.45) is 5.92 Å². The maximum atomic E-state index is 5.77. The number of nitrogens with two attached hydrogens (primary N) is 1. The molecule has 1 aromatic rings. The Morgan fingerprint density at radius 2 is 2.06 bits per heavy atom. The smallest absolute Gasteiger partial charge is 0.142 e. The molecule has 0 bridgehead atoms. The summed E-state index contributed by atoms with van der Waals surface area (Å²) in [4.78, 5) is 0. The van der Waals surface area contributed by atoms with Crippen molar-refractivity contribution in [1.29, 1.82) is 0 Å². The Morgan fingerprint density at radius 3 is 2.59 bits per heavy atom. The van der Waals surface area contributed by atoms with Gasteiger partial charge in [-0.25, -0.2) is 0 Å². The minimum atomic E-state index is 0.627. The molecule has 96 valence electrons. The highest BCUT2D eigenvalue weighted by Gasteiger charge is 2.21. The van der Waals surface area contributed by atoms with E-state index in [1.165, 1.54) is 55.1 Å². The first-order chi connectivity index (χ1) is 8.20. The molecule has 0 atom stereocenters. The molecule has 3 N–H and O–H groups in total. The van der Waals surface area contributed by atoms with E-state index in [0.29, 0.717) is 11.9 Å². The van der Waals surface area contributed by atoms with Crippen LogP contribution in [-0.4, -0.2) is 10.4 Å². The van der Waals surface area contributed by atoms with E-state index in [-0.39, 0.29) is 0 Å². The lowest BCUT2D eigenvalue weighted by molar-refractivity contribution is 0.319. The molecule has 4 heteroatoms. The standard InChI is InChI=1S/C13H23N3S/c1-3-4-10-5-7-11(8-6-10)15-13-9(2)12(14)16-17-13/h10-11,15H,3-8H2,1-2H3,(H2,14,16). The third-order valence-corrected chi connectivity index (χ3v) is 4.73. The molecule has 1 saturated carbocycles. The second kappa shape index (κ2) is 5.71. The lowest BCUT2D eigenvalue weighted by atomic mass is 9.83. The lowest BCUT2D eigenvalue weighted by Crippen LogP contribution is -2.25. The number of anilines is 2. The Morgan fingerprint density at radius 1 is 1.35 bits per heavy atom. The van der Waals surface area contributed by atoms with Gasteiger partial charge in [-0.3, -0.25) is 0 Å². The number of hydrogen-bond donors (Lipinski definition) is 2. The van der Waals surface area contributed by atoms with E-state index in [1.807, 2.05) is 6.92 Å². The predicted molar refractivity (Wildman–Crippen MR) is 75.5 cm³/mol. The number of hydrogen-bond acceptors (Lipinski definition) is 4. The average Bonchev–Trinajstić information content (AvgIpc) is 2.64.